The second-order valence-corrected chi connectivity index (χ2v) is 5.13. The Morgan fingerprint density at radius 2 is 2.00 bits per heavy atom. The summed E-state index contributed by atoms with van der Waals surface area (Å²) in [7, 11) is 0. The summed E-state index contributed by atoms with van der Waals surface area (Å²) in [6.45, 7) is 3.80. The molecule has 0 aromatic heterocycles. The second-order valence-electron chi connectivity index (χ2n) is 4.34. The minimum Gasteiger partial charge on any atom is -0.294 e. The van der Waals surface area contributed by atoms with E-state index in [1.165, 1.54) is 0 Å². The molecule has 1 atom stereocenters. The maximum Gasteiger partial charge on any atom is 0.165 e. The first kappa shape index (κ1) is 12.2. The lowest BCUT2D eigenvalue weighted by Crippen LogP contribution is -2.24. The summed E-state index contributed by atoms with van der Waals surface area (Å²) < 4.78 is 0.897. The molecule has 1 heterocycles. The van der Waals surface area contributed by atoms with Crippen molar-refractivity contribution in [2.45, 2.75) is 25.8 Å². The van der Waals surface area contributed by atoms with Gasteiger partial charge in [0.1, 0.15) is 5.54 Å². The van der Waals surface area contributed by atoms with E-state index in [4.69, 9.17) is 0 Å². The maximum atomic E-state index is 12.1. The number of halogens is 1. The van der Waals surface area contributed by atoms with Gasteiger partial charge in [-0.05, 0) is 13.8 Å². The van der Waals surface area contributed by atoms with Crippen molar-refractivity contribution in [2.24, 2.45) is 10.2 Å². The maximum absolute atomic E-state index is 12.1. The number of ketones is 1. The number of rotatable bonds is 3. The molecule has 4 heteroatoms. The topological polar surface area (TPSA) is 41.8 Å². The number of carbonyl (C=O) groups excluding carboxylic acids is 1. The van der Waals surface area contributed by atoms with E-state index in [9.17, 15) is 4.79 Å². The van der Waals surface area contributed by atoms with E-state index in [2.05, 4.69) is 26.2 Å². The van der Waals surface area contributed by atoms with Crippen molar-refractivity contribution in [3.63, 3.8) is 0 Å². The number of allylic oxidation sites excluding steroid dienone is 1. The lowest BCUT2D eigenvalue weighted by molar-refractivity contribution is 0.0965. The predicted molar refractivity (Wildman–Crippen MR) is 70.3 cm³/mol. The fraction of sp³-hybridized carbons (Fsp3) is 0.308. The molecule has 1 aliphatic rings. The standard InChI is InChI=1S/C13H13BrN2O/c1-9-12(14)13(2,16-15-9)8-11(17)10-6-4-3-5-7-10/h3-7H,8H2,1-2H3. The molecular formula is C13H13BrN2O. The summed E-state index contributed by atoms with van der Waals surface area (Å²) in [5, 5.41) is 8.20. The average Bonchev–Trinajstić information content (AvgIpc) is 2.59. The van der Waals surface area contributed by atoms with Gasteiger partial charge in [-0.15, -0.1) is 0 Å². The molecule has 0 radical (unpaired) electrons. The highest BCUT2D eigenvalue weighted by Gasteiger charge is 2.35. The van der Waals surface area contributed by atoms with Crippen LogP contribution < -0.4 is 0 Å². The Hall–Kier alpha value is -1.29. The van der Waals surface area contributed by atoms with Gasteiger partial charge in [0.2, 0.25) is 0 Å². The zero-order valence-corrected chi connectivity index (χ0v) is 11.4. The first-order chi connectivity index (χ1) is 8.03. The Balaban J connectivity index is 2.19. The van der Waals surface area contributed by atoms with Crippen molar-refractivity contribution in [2.75, 3.05) is 0 Å². The van der Waals surface area contributed by atoms with Crippen LogP contribution in [0.25, 0.3) is 0 Å². The first-order valence-corrected chi connectivity index (χ1v) is 6.20. The first-order valence-electron chi connectivity index (χ1n) is 5.41. The fourth-order valence-electron chi connectivity index (χ4n) is 1.81. The summed E-state index contributed by atoms with van der Waals surface area (Å²) in [6.07, 6.45) is 0.332. The Labute approximate surface area is 109 Å². The van der Waals surface area contributed by atoms with Gasteiger partial charge in [-0.1, -0.05) is 46.3 Å². The van der Waals surface area contributed by atoms with Gasteiger partial charge in [-0.2, -0.15) is 10.2 Å². The van der Waals surface area contributed by atoms with Crippen LogP contribution in [0.3, 0.4) is 0 Å². The summed E-state index contributed by atoms with van der Waals surface area (Å²) in [5.41, 5.74) is 1.01. The molecule has 0 amide bonds. The normalized spacial score (nSPS) is 23.2. The minimum atomic E-state index is -0.545. The summed E-state index contributed by atoms with van der Waals surface area (Å²) in [6, 6.07) is 9.27. The number of hydrogen-bond acceptors (Lipinski definition) is 3. The zero-order valence-electron chi connectivity index (χ0n) is 9.77. The molecule has 0 aliphatic carbocycles. The van der Waals surface area contributed by atoms with Gasteiger partial charge < -0.3 is 0 Å². The van der Waals surface area contributed by atoms with Crippen molar-refractivity contribution < 1.29 is 4.79 Å². The summed E-state index contributed by atoms with van der Waals surface area (Å²) >= 11 is 3.47. The molecule has 1 aromatic rings. The fourth-order valence-corrected chi connectivity index (χ4v) is 2.11. The molecular weight excluding hydrogens is 280 g/mol. The molecule has 1 aliphatic heterocycles. The van der Waals surface area contributed by atoms with E-state index in [-0.39, 0.29) is 5.78 Å². The van der Waals surface area contributed by atoms with E-state index in [0.29, 0.717) is 12.0 Å². The number of Topliss-reactive ketones (excluding diaryl/α,β-unsaturated/α-hetero) is 1. The van der Waals surface area contributed by atoms with E-state index in [0.717, 1.165) is 10.2 Å². The Kier molecular flexibility index (Phi) is 3.24. The van der Waals surface area contributed by atoms with Gasteiger partial charge in [-0.25, -0.2) is 0 Å². The Morgan fingerprint density at radius 1 is 1.35 bits per heavy atom. The molecule has 1 aromatic carbocycles. The molecule has 0 saturated heterocycles. The monoisotopic (exact) mass is 292 g/mol. The van der Waals surface area contributed by atoms with Gasteiger partial charge in [0.05, 0.1) is 5.70 Å². The molecule has 88 valence electrons. The Bertz CT molecular complexity index is 507. The van der Waals surface area contributed by atoms with Crippen molar-refractivity contribution in [3.8, 4) is 0 Å². The third-order valence-corrected chi connectivity index (χ3v) is 4.24. The lowest BCUT2D eigenvalue weighted by Gasteiger charge is -2.18. The largest absolute Gasteiger partial charge is 0.294 e. The van der Waals surface area contributed by atoms with E-state index >= 15 is 0 Å². The van der Waals surface area contributed by atoms with Crippen LogP contribution >= 0.6 is 15.9 Å². The molecule has 0 N–H and O–H groups in total. The van der Waals surface area contributed by atoms with E-state index in [1.54, 1.807) is 0 Å². The van der Waals surface area contributed by atoms with Crippen LogP contribution in [-0.2, 0) is 0 Å². The quantitative estimate of drug-likeness (QED) is 0.773. The van der Waals surface area contributed by atoms with E-state index in [1.807, 2.05) is 44.2 Å². The molecule has 0 spiro atoms. The zero-order chi connectivity index (χ0) is 12.5. The van der Waals surface area contributed by atoms with E-state index < -0.39 is 5.54 Å². The van der Waals surface area contributed by atoms with Gasteiger partial charge in [-0.3, -0.25) is 4.79 Å². The predicted octanol–water partition coefficient (Wildman–Crippen LogP) is 4.11. The SMILES string of the molecule is CC1=C(Br)C(C)(CC(=O)c2ccccc2)N=N1. The molecule has 1 unspecified atom stereocenters. The number of benzene rings is 1. The van der Waals surface area contributed by atoms with Crippen LogP contribution in [0.1, 0.15) is 30.6 Å². The molecule has 17 heavy (non-hydrogen) atoms. The average molecular weight is 293 g/mol. The molecule has 0 bridgehead atoms. The van der Waals surface area contributed by atoms with Crippen molar-refractivity contribution in [3.05, 3.63) is 46.1 Å². The molecule has 2 rings (SSSR count). The highest BCUT2D eigenvalue weighted by molar-refractivity contribution is 9.11. The summed E-state index contributed by atoms with van der Waals surface area (Å²) in [4.78, 5) is 12.1. The van der Waals surface area contributed by atoms with Crippen LogP contribution in [0.2, 0.25) is 0 Å². The third-order valence-electron chi connectivity index (χ3n) is 2.81. The Morgan fingerprint density at radius 3 is 2.53 bits per heavy atom. The number of nitrogens with zero attached hydrogens (tertiary/aromatic N) is 2. The summed E-state index contributed by atoms with van der Waals surface area (Å²) in [5.74, 6) is 0.0821. The number of carbonyl (C=O) groups is 1. The molecule has 3 nitrogen and oxygen atoms in total. The van der Waals surface area contributed by atoms with Crippen LogP contribution in [-0.4, -0.2) is 11.3 Å². The van der Waals surface area contributed by atoms with Crippen molar-refractivity contribution in [1.82, 2.24) is 0 Å². The molecule has 0 saturated carbocycles. The van der Waals surface area contributed by atoms with Crippen LogP contribution in [0.5, 0.6) is 0 Å². The van der Waals surface area contributed by atoms with Gasteiger partial charge in [0.25, 0.3) is 0 Å². The second kappa shape index (κ2) is 4.53. The molecule has 0 fully saturated rings. The highest BCUT2D eigenvalue weighted by Crippen LogP contribution is 2.39. The number of azo groups is 1. The van der Waals surface area contributed by atoms with Crippen molar-refractivity contribution in [1.29, 1.82) is 0 Å². The van der Waals surface area contributed by atoms with Gasteiger partial charge in [0.15, 0.2) is 5.78 Å². The van der Waals surface area contributed by atoms with Gasteiger partial charge >= 0.3 is 0 Å². The minimum absolute atomic E-state index is 0.0821. The van der Waals surface area contributed by atoms with Gasteiger partial charge in [0, 0.05) is 16.5 Å². The van der Waals surface area contributed by atoms with Crippen LogP contribution in [0.15, 0.2) is 50.7 Å². The van der Waals surface area contributed by atoms with Crippen LogP contribution in [0, 0.1) is 0 Å². The highest BCUT2D eigenvalue weighted by atomic mass is 79.9. The smallest absolute Gasteiger partial charge is 0.165 e. The van der Waals surface area contributed by atoms with Crippen LogP contribution in [0.4, 0.5) is 0 Å². The third kappa shape index (κ3) is 2.36. The lowest BCUT2D eigenvalue weighted by atomic mass is 9.93. The number of hydrogen-bond donors (Lipinski definition) is 0. The van der Waals surface area contributed by atoms with Crippen molar-refractivity contribution >= 4 is 21.7 Å².